The molecular formula is C15H23ClN2OS. The largest absolute Gasteiger partial charge is 0.340 e. The van der Waals surface area contributed by atoms with Crippen molar-refractivity contribution in [2.45, 2.75) is 38.8 Å². The van der Waals surface area contributed by atoms with Crippen LogP contribution in [0.3, 0.4) is 0 Å². The predicted molar refractivity (Wildman–Crippen MR) is 85.1 cm³/mol. The summed E-state index contributed by atoms with van der Waals surface area (Å²) in [6.07, 6.45) is 3.59. The van der Waals surface area contributed by atoms with Crippen molar-refractivity contribution in [2.24, 2.45) is 23.5 Å². The second kappa shape index (κ2) is 6.04. The number of aryl methyl sites for hydroxylation is 1. The highest BCUT2D eigenvalue weighted by Gasteiger charge is 2.49. The average molecular weight is 315 g/mol. The fraction of sp³-hybridized carbons (Fsp3) is 0.667. The van der Waals surface area contributed by atoms with E-state index in [2.05, 4.69) is 18.4 Å². The van der Waals surface area contributed by atoms with E-state index in [-0.39, 0.29) is 30.3 Å². The second-order valence-corrected chi connectivity index (χ2v) is 7.16. The molecule has 3 nitrogen and oxygen atoms in total. The molecule has 0 spiro atoms. The van der Waals surface area contributed by atoms with E-state index in [1.807, 2.05) is 11.9 Å². The summed E-state index contributed by atoms with van der Waals surface area (Å²) < 4.78 is 0. The zero-order chi connectivity index (χ0) is 13.6. The molecule has 2 N–H and O–H groups in total. The van der Waals surface area contributed by atoms with Gasteiger partial charge in [-0.3, -0.25) is 4.79 Å². The second-order valence-electron chi connectivity index (χ2n) is 6.16. The molecule has 0 radical (unpaired) electrons. The summed E-state index contributed by atoms with van der Waals surface area (Å²) in [5.41, 5.74) is 7.54. The summed E-state index contributed by atoms with van der Waals surface area (Å²) >= 11 is 1.73. The number of halogens is 1. The van der Waals surface area contributed by atoms with Gasteiger partial charge in [0.25, 0.3) is 0 Å². The van der Waals surface area contributed by atoms with Crippen LogP contribution >= 0.6 is 23.7 Å². The molecule has 20 heavy (non-hydrogen) atoms. The lowest BCUT2D eigenvalue weighted by molar-refractivity contribution is -0.136. The fourth-order valence-electron chi connectivity index (χ4n) is 3.82. The van der Waals surface area contributed by atoms with Crippen molar-refractivity contribution in [3.05, 3.63) is 21.9 Å². The Morgan fingerprint density at radius 1 is 1.45 bits per heavy atom. The van der Waals surface area contributed by atoms with E-state index in [4.69, 9.17) is 5.73 Å². The number of fused-ring (bicyclic) bond motifs is 2. The van der Waals surface area contributed by atoms with Crippen LogP contribution in [0, 0.1) is 24.7 Å². The Morgan fingerprint density at radius 3 is 2.70 bits per heavy atom. The zero-order valence-corrected chi connectivity index (χ0v) is 13.7. The Morgan fingerprint density at radius 2 is 2.15 bits per heavy atom. The standard InChI is InChI=1S/C15H22N2OS.ClH/c1-9-5-6-19-12(9)8-17(2)15(18)13-10-3-4-11(7-10)14(13)16;/h5-6,10-11,13-14H,3-4,7-8,16H2,1-2H3;1H. The highest BCUT2D eigenvalue weighted by Crippen LogP contribution is 2.48. The molecule has 4 atom stereocenters. The van der Waals surface area contributed by atoms with E-state index in [0.717, 1.165) is 6.54 Å². The van der Waals surface area contributed by atoms with Gasteiger partial charge in [-0.2, -0.15) is 0 Å². The van der Waals surface area contributed by atoms with Gasteiger partial charge in [0, 0.05) is 18.0 Å². The Bertz CT molecular complexity index is 488. The van der Waals surface area contributed by atoms with Crippen LogP contribution in [0.4, 0.5) is 0 Å². The first-order valence-electron chi connectivity index (χ1n) is 7.11. The van der Waals surface area contributed by atoms with Gasteiger partial charge in [-0.15, -0.1) is 23.7 Å². The normalized spacial score (nSPS) is 31.1. The molecule has 3 rings (SSSR count). The Balaban J connectivity index is 0.00000147. The molecule has 2 saturated carbocycles. The minimum absolute atomic E-state index is 0. The van der Waals surface area contributed by atoms with E-state index in [0.29, 0.717) is 11.8 Å². The number of thiophene rings is 1. The van der Waals surface area contributed by atoms with Crippen LogP contribution in [0.25, 0.3) is 0 Å². The van der Waals surface area contributed by atoms with Crippen LogP contribution in [-0.4, -0.2) is 23.9 Å². The number of nitrogens with zero attached hydrogens (tertiary/aromatic N) is 1. The monoisotopic (exact) mass is 314 g/mol. The van der Waals surface area contributed by atoms with Crippen molar-refractivity contribution in [3.63, 3.8) is 0 Å². The summed E-state index contributed by atoms with van der Waals surface area (Å²) in [7, 11) is 1.92. The molecule has 5 heteroatoms. The molecule has 2 fully saturated rings. The minimum atomic E-state index is 0. The van der Waals surface area contributed by atoms with Crippen molar-refractivity contribution >= 4 is 29.7 Å². The molecule has 2 bridgehead atoms. The van der Waals surface area contributed by atoms with Crippen LogP contribution in [-0.2, 0) is 11.3 Å². The molecule has 1 amide bonds. The lowest BCUT2D eigenvalue weighted by Gasteiger charge is -2.30. The van der Waals surface area contributed by atoms with Crippen molar-refractivity contribution in [3.8, 4) is 0 Å². The number of carbonyl (C=O) groups excluding carboxylic acids is 1. The quantitative estimate of drug-likeness (QED) is 0.932. The fourth-order valence-corrected chi connectivity index (χ4v) is 4.77. The van der Waals surface area contributed by atoms with Gasteiger partial charge < -0.3 is 10.6 Å². The van der Waals surface area contributed by atoms with Gasteiger partial charge in [0.15, 0.2) is 0 Å². The topological polar surface area (TPSA) is 46.3 Å². The zero-order valence-electron chi connectivity index (χ0n) is 12.0. The molecule has 2 aliphatic carbocycles. The van der Waals surface area contributed by atoms with Crippen molar-refractivity contribution in [1.82, 2.24) is 4.90 Å². The highest BCUT2D eigenvalue weighted by molar-refractivity contribution is 7.10. The third kappa shape index (κ3) is 2.61. The van der Waals surface area contributed by atoms with E-state index in [1.54, 1.807) is 11.3 Å². The molecule has 0 aromatic carbocycles. The lowest BCUT2D eigenvalue weighted by Crippen LogP contribution is -2.45. The molecule has 4 unspecified atom stereocenters. The molecule has 2 aliphatic rings. The van der Waals surface area contributed by atoms with Gasteiger partial charge in [-0.1, -0.05) is 0 Å². The van der Waals surface area contributed by atoms with Gasteiger partial charge >= 0.3 is 0 Å². The summed E-state index contributed by atoms with van der Waals surface area (Å²) in [5, 5.41) is 2.09. The molecule has 0 aliphatic heterocycles. The van der Waals surface area contributed by atoms with E-state index >= 15 is 0 Å². The van der Waals surface area contributed by atoms with Crippen LogP contribution in [0.2, 0.25) is 0 Å². The van der Waals surface area contributed by atoms with Crippen molar-refractivity contribution < 1.29 is 4.79 Å². The number of amides is 1. The van der Waals surface area contributed by atoms with Crippen LogP contribution in [0.1, 0.15) is 29.7 Å². The summed E-state index contributed by atoms with van der Waals surface area (Å²) in [5.74, 6) is 1.46. The number of nitrogens with two attached hydrogens (primary N) is 1. The third-order valence-corrected chi connectivity index (χ3v) is 6.00. The summed E-state index contributed by atoms with van der Waals surface area (Å²) in [6, 6.07) is 2.21. The molecule has 1 heterocycles. The first kappa shape index (κ1) is 15.8. The average Bonchev–Trinajstić information content (AvgIpc) is 3.06. The first-order valence-corrected chi connectivity index (χ1v) is 7.99. The molecular weight excluding hydrogens is 292 g/mol. The number of rotatable bonds is 3. The van der Waals surface area contributed by atoms with Gasteiger partial charge in [-0.05, 0) is 55.0 Å². The molecule has 112 valence electrons. The Kier molecular flexibility index (Phi) is 4.77. The predicted octanol–water partition coefficient (Wildman–Crippen LogP) is 2.81. The number of hydrogen-bond acceptors (Lipinski definition) is 3. The maximum Gasteiger partial charge on any atom is 0.227 e. The third-order valence-electron chi connectivity index (χ3n) is 4.99. The number of carbonyl (C=O) groups is 1. The van der Waals surface area contributed by atoms with Crippen LogP contribution < -0.4 is 5.73 Å². The number of hydrogen-bond donors (Lipinski definition) is 1. The summed E-state index contributed by atoms with van der Waals surface area (Å²) in [6.45, 7) is 2.83. The maximum atomic E-state index is 12.6. The Labute approximate surface area is 130 Å². The lowest BCUT2D eigenvalue weighted by atomic mass is 9.84. The molecule has 1 aromatic rings. The van der Waals surface area contributed by atoms with Gasteiger partial charge in [-0.25, -0.2) is 0 Å². The highest BCUT2D eigenvalue weighted by atomic mass is 35.5. The molecule has 1 aromatic heterocycles. The van der Waals surface area contributed by atoms with Gasteiger partial charge in [0.1, 0.15) is 0 Å². The van der Waals surface area contributed by atoms with Gasteiger partial charge in [0.05, 0.1) is 12.5 Å². The maximum absolute atomic E-state index is 12.6. The molecule has 0 saturated heterocycles. The van der Waals surface area contributed by atoms with E-state index in [1.165, 1.54) is 29.7 Å². The Hall–Kier alpha value is -0.580. The summed E-state index contributed by atoms with van der Waals surface area (Å²) in [4.78, 5) is 15.8. The minimum Gasteiger partial charge on any atom is -0.340 e. The smallest absolute Gasteiger partial charge is 0.227 e. The first-order chi connectivity index (χ1) is 9.08. The van der Waals surface area contributed by atoms with Crippen LogP contribution in [0.5, 0.6) is 0 Å². The van der Waals surface area contributed by atoms with Crippen LogP contribution in [0.15, 0.2) is 11.4 Å². The van der Waals surface area contributed by atoms with Gasteiger partial charge in [0.2, 0.25) is 5.91 Å². The van der Waals surface area contributed by atoms with Crippen molar-refractivity contribution in [1.29, 1.82) is 0 Å². The van der Waals surface area contributed by atoms with E-state index in [9.17, 15) is 4.79 Å². The van der Waals surface area contributed by atoms with Crippen molar-refractivity contribution in [2.75, 3.05) is 7.05 Å². The van der Waals surface area contributed by atoms with E-state index < -0.39 is 0 Å². The SMILES string of the molecule is Cc1ccsc1CN(C)C(=O)C1C2CCC(C2)C1N.Cl.